The SMILES string of the molecule is CC(N)CC(=O)Nc1ccc2[nH]c(=O)[nH]c2c1. The van der Waals surface area contributed by atoms with E-state index in [0.29, 0.717) is 16.7 Å². The molecule has 0 spiro atoms. The van der Waals surface area contributed by atoms with E-state index in [1.807, 2.05) is 0 Å². The number of hydrogen-bond acceptors (Lipinski definition) is 3. The van der Waals surface area contributed by atoms with E-state index < -0.39 is 0 Å². The fraction of sp³-hybridized carbons (Fsp3) is 0.273. The van der Waals surface area contributed by atoms with Crippen LogP contribution < -0.4 is 16.7 Å². The Hall–Kier alpha value is -2.08. The number of imidazole rings is 1. The van der Waals surface area contributed by atoms with Crippen LogP contribution in [0.25, 0.3) is 11.0 Å². The number of benzene rings is 1. The van der Waals surface area contributed by atoms with E-state index in [0.717, 1.165) is 0 Å². The van der Waals surface area contributed by atoms with Gasteiger partial charge in [-0.25, -0.2) is 4.79 Å². The van der Waals surface area contributed by atoms with Crippen molar-refractivity contribution >= 4 is 22.6 Å². The molecule has 17 heavy (non-hydrogen) atoms. The molecule has 0 fully saturated rings. The first-order valence-corrected chi connectivity index (χ1v) is 5.32. The van der Waals surface area contributed by atoms with Crippen LogP contribution in [0.15, 0.2) is 23.0 Å². The molecule has 1 unspecified atom stereocenters. The summed E-state index contributed by atoms with van der Waals surface area (Å²) in [5, 5.41) is 2.72. The zero-order valence-electron chi connectivity index (χ0n) is 9.41. The van der Waals surface area contributed by atoms with E-state index in [-0.39, 0.29) is 24.1 Å². The molecule has 90 valence electrons. The van der Waals surface area contributed by atoms with Gasteiger partial charge in [0.2, 0.25) is 5.91 Å². The van der Waals surface area contributed by atoms with Gasteiger partial charge >= 0.3 is 5.69 Å². The van der Waals surface area contributed by atoms with Crippen LogP contribution in [0.1, 0.15) is 13.3 Å². The molecule has 1 heterocycles. The lowest BCUT2D eigenvalue weighted by Crippen LogP contribution is -2.23. The number of rotatable bonds is 3. The van der Waals surface area contributed by atoms with Gasteiger partial charge in [-0.05, 0) is 25.1 Å². The van der Waals surface area contributed by atoms with Gasteiger partial charge in [-0.15, -0.1) is 0 Å². The Morgan fingerprint density at radius 2 is 2.12 bits per heavy atom. The van der Waals surface area contributed by atoms with Crippen molar-refractivity contribution in [1.29, 1.82) is 0 Å². The van der Waals surface area contributed by atoms with Gasteiger partial charge in [0, 0.05) is 18.2 Å². The second-order valence-electron chi connectivity index (χ2n) is 4.07. The lowest BCUT2D eigenvalue weighted by Gasteiger charge is -2.06. The summed E-state index contributed by atoms with van der Waals surface area (Å²) in [6, 6.07) is 4.98. The Morgan fingerprint density at radius 1 is 1.41 bits per heavy atom. The molecule has 0 aliphatic heterocycles. The first-order chi connectivity index (χ1) is 8.04. The fourth-order valence-electron chi connectivity index (χ4n) is 1.61. The Kier molecular flexibility index (Phi) is 2.97. The van der Waals surface area contributed by atoms with Crippen molar-refractivity contribution in [2.75, 3.05) is 5.32 Å². The van der Waals surface area contributed by atoms with Crippen LogP contribution in [-0.4, -0.2) is 21.9 Å². The monoisotopic (exact) mass is 234 g/mol. The zero-order valence-corrected chi connectivity index (χ0v) is 9.41. The molecule has 0 bridgehead atoms. The van der Waals surface area contributed by atoms with Crippen LogP contribution in [0.5, 0.6) is 0 Å². The quantitative estimate of drug-likeness (QED) is 0.622. The van der Waals surface area contributed by atoms with E-state index in [2.05, 4.69) is 15.3 Å². The number of nitrogens with one attached hydrogen (secondary N) is 3. The van der Waals surface area contributed by atoms with Gasteiger partial charge in [-0.3, -0.25) is 4.79 Å². The van der Waals surface area contributed by atoms with E-state index in [4.69, 9.17) is 5.73 Å². The van der Waals surface area contributed by atoms with E-state index >= 15 is 0 Å². The molecule has 6 nitrogen and oxygen atoms in total. The van der Waals surface area contributed by atoms with E-state index in [1.54, 1.807) is 25.1 Å². The molecule has 6 heteroatoms. The number of anilines is 1. The Labute approximate surface area is 97.2 Å². The van der Waals surface area contributed by atoms with Crippen LogP contribution in [0.2, 0.25) is 0 Å². The lowest BCUT2D eigenvalue weighted by molar-refractivity contribution is -0.116. The minimum atomic E-state index is -0.265. The van der Waals surface area contributed by atoms with Gasteiger partial charge in [0.1, 0.15) is 0 Å². The predicted octanol–water partition coefficient (Wildman–Crippen LogP) is 0.532. The van der Waals surface area contributed by atoms with Gasteiger partial charge in [0.05, 0.1) is 11.0 Å². The molecule has 1 aromatic heterocycles. The number of carbonyl (C=O) groups excluding carboxylic acids is 1. The zero-order chi connectivity index (χ0) is 12.4. The minimum absolute atomic E-state index is 0.141. The molecular weight excluding hydrogens is 220 g/mol. The van der Waals surface area contributed by atoms with Crippen molar-refractivity contribution in [2.45, 2.75) is 19.4 Å². The first kappa shape index (κ1) is 11.4. The average molecular weight is 234 g/mol. The lowest BCUT2D eigenvalue weighted by atomic mass is 10.2. The molecule has 1 atom stereocenters. The highest BCUT2D eigenvalue weighted by atomic mass is 16.1. The van der Waals surface area contributed by atoms with Crippen molar-refractivity contribution in [3.63, 3.8) is 0 Å². The summed E-state index contributed by atoms with van der Waals surface area (Å²) >= 11 is 0. The number of carbonyl (C=O) groups is 1. The molecule has 0 radical (unpaired) electrons. The van der Waals surface area contributed by atoms with Gasteiger partial charge in [0.15, 0.2) is 0 Å². The third-order valence-corrected chi connectivity index (χ3v) is 2.31. The van der Waals surface area contributed by atoms with E-state index in [9.17, 15) is 9.59 Å². The number of H-pyrrole nitrogens is 2. The molecule has 0 saturated carbocycles. The van der Waals surface area contributed by atoms with Crippen LogP contribution in [0, 0.1) is 0 Å². The highest BCUT2D eigenvalue weighted by Crippen LogP contribution is 2.14. The molecule has 1 amide bonds. The Bertz CT molecular complexity index is 597. The predicted molar refractivity (Wildman–Crippen MR) is 65.8 cm³/mol. The summed E-state index contributed by atoms with van der Waals surface area (Å²) in [7, 11) is 0. The smallest absolute Gasteiger partial charge is 0.323 e. The summed E-state index contributed by atoms with van der Waals surface area (Å²) in [6.07, 6.45) is 0.266. The number of amides is 1. The number of nitrogens with two attached hydrogens (primary N) is 1. The standard InChI is InChI=1S/C11H14N4O2/c1-6(12)4-10(16)13-7-2-3-8-9(5-7)15-11(17)14-8/h2-3,5-6H,4,12H2,1H3,(H,13,16)(H2,14,15,17). The van der Waals surface area contributed by atoms with Crippen molar-refractivity contribution < 1.29 is 4.79 Å². The van der Waals surface area contributed by atoms with Gasteiger partial charge in [0.25, 0.3) is 0 Å². The summed E-state index contributed by atoms with van der Waals surface area (Å²) in [4.78, 5) is 27.8. The third-order valence-electron chi connectivity index (χ3n) is 2.31. The van der Waals surface area contributed by atoms with Crippen LogP contribution in [-0.2, 0) is 4.79 Å². The number of fused-ring (bicyclic) bond motifs is 1. The summed E-state index contributed by atoms with van der Waals surface area (Å²) in [6.45, 7) is 1.77. The summed E-state index contributed by atoms with van der Waals surface area (Å²) in [5.41, 5.74) is 7.27. The normalized spacial score (nSPS) is 12.6. The highest BCUT2D eigenvalue weighted by molar-refractivity contribution is 5.93. The molecule has 0 saturated heterocycles. The number of aromatic amines is 2. The number of hydrogen-bond donors (Lipinski definition) is 4. The highest BCUT2D eigenvalue weighted by Gasteiger charge is 2.06. The van der Waals surface area contributed by atoms with Crippen molar-refractivity contribution in [1.82, 2.24) is 9.97 Å². The molecule has 5 N–H and O–H groups in total. The largest absolute Gasteiger partial charge is 0.327 e. The first-order valence-electron chi connectivity index (χ1n) is 5.32. The van der Waals surface area contributed by atoms with E-state index in [1.165, 1.54) is 0 Å². The van der Waals surface area contributed by atoms with Gasteiger partial charge < -0.3 is 21.0 Å². The molecule has 2 rings (SSSR count). The fourth-order valence-corrected chi connectivity index (χ4v) is 1.61. The van der Waals surface area contributed by atoms with Crippen molar-refractivity contribution in [3.8, 4) is 0 Å². The van der Waals surface area contributed by atoms with Crippen molar-refractivity contribution in [3.05, 3.63) is 28.7 Å². The summed E-state index contributed by atoms with van der Waals surface area (Å²) < 4.78 is 0. The second kappa shape index (κ2) is 4.42. The number of aromatic nitrogens is 2. The Balaban J connectivity index is 2.19. The van der Waals surface area contributed by atoms with Crippen LogP contribution in [0.3, 0.4) is 0 Å². The molecule has 0 aliphatic rings. The molecule has 2 aromatic rings. The molecule has 0 aliphatic carbocycles. The maximum atomic E-state index is 11.5. The molecule has 1 aromatic carbocycles. The van der Waals surface area contributed by atoms with Crippen LogP contribution >= 0.6 is 0 Å². The average Bonchev–Trinajstić information content (AvgIpc) is 2.55. The maximum Gasteiger partial charge on any atom is 0.323 e. The third kappa shape index (κ3) is 2.73. The topological polar surface area (TPSA) is 104 Å². The minimum Gasteiger partial charge on any atom is -0.327 e. The van der Waals surface area contributed by atoms with Gasteiger partial charge in [-0.2, -0.15) is 0 Å². The van der Waals surface area contributed by atoms with Crippen molar-refractivity contribution in [2.24, 2.45) is 5.73 Å². The summed E-state index contributed by atoms with van der Waals surface area (Å²) in [5.74, 6) is -0.141. The van der Waals surface area contributed by atoms with Crippen LogP contribution in [0.4, 0.5) is 5.69 Å². The molecular formula is C11H14N4O2. The van der Waals surface area contributed by atoms with Gasteiger partial charge in [-0.1, -0.05) is 0 Å². The maximum absolute atomic E-state index is 11.5. The Morgan fingerprint density at radius 3 is 2.82 bits per heavy atom. The second-order valence-corrected chi connectivity index (χ2v) is 4.07.